The first-order valence-electron chi connectivity index (χ1n) is 6.97. The van der Waals surface area contributed by atoms with Crippen LogP contribution in [0.5, 0.6) is 0 Å². The summed E-state index contributed by atoms with van der Waals surface area (Å²) in [5.41, 5.74) is 6.53. The van der Waals surface area contributed by atoms with Crippen molar-refractivity contribution < 1.29 is 0 Å². The molecule has 0 saturated carbocycles. The predicted octanol–water partition coefficient (Wildman–Crippen LogP) is 2.25. The van der Waals surface area contributed by atoms with Crippen LogP contribution in [0.4, 0.5) is 0 Å². The number of nitrogens with zero attached hydrogens (tertiary/aromatic N) is 3. The lowest BCUT2D eigenvalue weighted by molar-refractivity contribution is 0.238. The first kappa shape index (κ1) is 15.7. The average Bonchev–Trinajstić information content (AvgIpc) is 2.73. The van der Waals surface area contributed by atoms with Crippen LogP contribution in [0.25, 0.3) is 0 Å². The first-order valence-corrected chi connectivity index (χ1v) is 6.97. The minimum absolute atomic E-state index is 0.251. The van der Waals surface area contributed by atoms with E-state index in [9.17, 15) is 0 Å². The van der Waals surface area contributed by atoms with Crippen LogP contribution in [0.15, 0.2) is 12.3 Å². The second kappa shape index (κ2) is 7.28. The van der Waals surface area contributed by atoms with Crippen molar-refractivity contribution in [3.05, 3.63) is 18.0 Å². The van der Waals surface area contributed by atoms with Crippen molar-refractivity contribution in [1.29, 1.82) is 5.41 Å². The van der Waals surface area contributed by atoms with Crippen molar-refractivity contribution in [2.75, 3.05) is 13.1 Å². The Kier molecular flexibility index (Phi) is 6.02. The minimum Gasteiger partial charge on any atom is -0.388 e. The predicted molar refractivity (Wildman–Crippen MR) is 79.3 cm³/mol. The zero-order chi connectivity index (χ0) is 14.4. The SMILES string of the molecule is CC(C)CN(CCC(=N)N)Cc1ccn(C(C)C)n1. The fraction of sp³-hybridized carbons (Fsp3) is 0.714. The lowest BCUT2D eigenvalue weighted by atomic mass is 10.2. The number of nitrogens with one attached hydrogen (secondary N) is 1. The van der Waals surface area contributed by atoms with Crippen molar-refractivity contribution in [3.8, 4) is 0 Å². The molecule has 1 heterocycles. The van der Waals surface area contributed by atoms with Gasteiger partial charge in [-0.1, -0.05) is 13.8 Å². The van der Waals surface area contributed by atoms with Gasteiger partial charge >= 0.3 is 0 Å². The van der Waals surface area contributed by atoms with Crippen molar-refractivity contribution in [3.63, 3.8) is 0 Å². The third-order valence-corrected chi connectivity index (χ3v) is 2.90. The van der Waals surface area contributed by atoms with E-state index >= 15 is 0 Å². The van der Waals surface area contributed by atoms with Gasteiger partial charge in [0, 0.05) is 38.3 Å². The lowest BCUT2D eigenvalue weighted by Crippen LogP contribution is -2.31. The van der Waals surface area contributed by atoms with E-state index in [0.29, 0.717) is 18.4 Å². The van der Waals surface area contributed by atoms with Gasteiger partial charge in [0.15, 0.2) is 0 Å². The van der Waals surface area contributed by atoms with E-state index in [0.717, 1.165) is 25.3 Å². The van der Waals surface area contributed by atoms with E-state index in [-0.39, 0.29) is 5.84 Å². The summed E-state index contributed by atoms with van der Waals surface area (Å²) in [5.74, 6) is 0.848. The molecular formula is C14H27N5. The molecule has 5 nitrogen and oxygen atoms in total. The lowest BCUT2D eigenvalue weighted by Gasteiger charge is -2.23. The van der Waals surface area contributed by atoms with Gasteiger partial charge in [-0.25, -0.2) is 0 Å². The summed E-state index contributed by atoms with van der Waals surface area (Å²) in [6, 6.07) is 2.46. The molecular weight excluding hydrogens is 238 g/mol. The summed E-state index contributed by atoms with van der Waals surface area (Å²) in [7, 11) is 0. The Labute approximate surface area is 116 Å². The molecule has 0 atom stereocenters. The summed E-state index contributed by atoms with van der Waals surface area (Å²) >= 11 is 0. The summed E-state index contributed by atoms with van der Waals surface area (Å²) in [6.07, 6.45) is 2.65. The highest BCUT2D eigenvalue weighted by atomic mass is 15.3. The van der Waals surface area contributed by atoms with Gasteiger partial charge < -0.3 is 5.73 Å². The van der Waals surface area contributed by atoms with Crippen molar-refractivity contribution in [2.24, 2.45) is 11.7 Å². The largest absolute Gasteiger partial charge is 0.388 e. The molecule has 0 aliphatic carbocycles. The van der Waals surface area contributed by atoms with Crippen LogP contribution >= 0.6 is 0 Å². The Balaban J connectivity index is 2.61. The van der Waals surface area contributed by atoms with E-state index in [1.54, 1.807) is 0 Å². The van der Waals surface area contributed by atoms with Crippen LogP contribution in [-0.4, -0.2) is 33.6 Å². The average molecular weight is 265 g/mol. The zero-order valence-corrected chi connectivity index (χ0v) is 12.6. The molecule has 19 heavy (non-hydrogen) atoms. The normalized spacial score (nSPS) is 11.7. The van der Waals surface area contributed by atoms with Gasteiger partial charge in [-0.2, -0.15) is 5.10 Å². The van der Waals surface area contributed by atoms with Crippen LogP contribution < -0.4 is 5.73 Å². The van der Waals surface area contributed by atoms with E-state index < -0.39 is 0 Å². The van der Waals surface area contributed by atoms with E-state index in [1.165, 1.54) is 0 Å². The van der Waals surface area contributed by atoms with Crippen molar-refractivity contribution >= 4 is 5.84 Å². The van der Waals surface area contributed by atoms with Crippen molar-refractivity contribution in [2.45, 2.75) is 46.7 Å². The van der Waals surface area contributed by atoms with Gasteiger partial charge in [0.2, 0.25) is 0 Å². The molecule has 0 spiro atoms. The smallest absolute Gasteiger partial charge is 0.0918 e. The Morgan fingerprint density at radius 1 is 1.42 bits per heavy atom. The van der Waals surface area contributed by atoms with Crippen LogP contribution in [0.2, 0.25) is 0 Å². The van der Waals surface area contributed by atoms with E-state index in [2.05, 4.69) is 43.8 Å². The van der Waals surface area contributed by atoms with Crippen LogP contribution in [0.3, 0.4) is 0 Å². The topological polar surface area (TPSA) is 70.9 Å². The molecule has 0 bridgehead atoms. The van der Waals surface area contributed by atoms with Gasteiger partial charge in [-0.3, -0.25) is 15.0 Å². The van der Waals surface area contributed by atoms with Gasteiger partial charge in [0.25, 0.3) is 0 Å². The molecule has 1 aromatic heterocycles. The maximum atomic E-state index is 7.34. The quantitative estimate of drug-likeness (QED) is 0.559. The number of hydrogen-bond donors (Lipinski definition) is 2. The second-order valence-corrected chi connectivity index (χ2v) is 5.79. The molecule has 0 aromatic carbocycles. The molecule has 0 amide bonds. The van der Waals surface area contributed by atoms with Crippen LogP contribution in [0.1, 0.15) is 45.9 Å². The highest BCUT2D eigenvalue weighted by Crippen LogP contribution is 2.09. The van der Waals surface area contributed by atoms with Crippen LogP contribution in [-0.2, 0) is 6.54 Å². The van der Waals surface area contributed by atoms with Gasteiger partial charge in [0.05, 0.1) is 11.5 Å². The maximum Gasteiger partial charge on any atom is 0.0918 e. The molecule has 0 saturated heterocycles. The molecule has 1 rings (SSSR count). The van der Waals surface area contributed by atoms with E-state index in [4.69, 9.17) is 11.1 Å². The fourth-order valence-corrected chi connectivity index (χ4v) is 2.01. The maximum absolute atomic E-state index is 7.34. The van der Waals surface area contributed by atoms with Crippen molar-refractivity contribution in [1.82, 2.24) is 14.7 Å². The molecule has 5 heteroatoms. The molecule has 0 radical (unpaired) electrons. The Morgan fingerprint density at radius 2 is 2.11 bits per heavy atom. The number of rotatable bonds is 8. The van der Waals surface area contributed by atoms with Gasteiger partial charge in [0.1, 0.15) is 0 Å². The summed E-state index contributed by atoms with van der Waals surface area (Å²) < 4.78 is 1.98. The fourth-order valence-electron chi connectivity index (χ4n) is 2.01. The Morgan fingerprint density at radius 3 is 2.58 bits per heavy atom. The second-order valence-electron chi connectivity index (χ2n) is 5.79. The molecule has 3 N–H and O–H groups in total. The highest BCUT2D eigenvalue weighted by molar-refractivity contribution is 5.76. The first-order chi connectivity index (χ1) is 8.88. The summed E-state index contributed by atoms with van der Waals surface area (Å²) in [5, 5.41) is 11.9. The summed E-state index contributed by atoms with van der Waals surface area (Å²) in [6.45, 7) is 11.3. The summed E-state index contributed by atoms with van der Waals surface area (Å²) in [4.78, 5) is 2.32. The molecule has 0 aliphatic heterocycles. The van der Waals surface area contributed by atoms with Gasteiger partial charge in [-0.05, 0) is 25.8 Å². The molecule has 1 aromatic rings. The Hall–Kier alpha value is -1.36. The third kappa shape index (κ3) is 5.87. The number of amidine groups is 1. The standard InChI is InChI=1S/C14H27N5/c1-11(2)9-18(7-6-14(15)16)10-13-5-8-19(17-13)12(3)4/h5,8,11-12H,6-7,9-10H2,1-4H3,(H3,15,16). The number of hydrogen-bond acceptors (Lipinski definition) is 3. The number of nitrogens with two attached hydrogens (primary N) is 1. The van der Waals surface area contributed by atoms with E-state index in [1.807, 2.05) is 10.9 Å². The third-order valence-electron chi connectivity index (χ3n) is 2.90. The molecule has 0 aliphatic rings. The number of aromatic nitrogens is 2. The molecule has 108 valence electrons. The Bertz CT molecular complexity index is 394. The molecule has 0 fully saturated rings. The highest BCUT2D eigenvalue weighted by Gasteiger charge is 2.11. The van der Waals surface area contributed by atoms with Gasteiger partial charge in [-0.15, -0.1) is 0 Å². The monoisotopic (exact) mass is 265 g/mol. The molecule has 0 unspecified atom stereocenters. The minimum atomic E-state index is 0.251. The van der Waals surface area contributed by atoms with Crippen LogP contribution in [0, 0.1) is 11.3 Å². The zero-order valence-electron chi connectivity index (χ0n) is 12.6.